The van der Waals surface area contributed by atoms with Gasteiger partial charge in [-0.1, -0.05) is 0 Å². The van der Waals surface area contributed by atoms with Crippen molar-refractivity contribution in [2.45, 2.75) is 12.8 Å². The molecule has 10 heteroatoms. The van der Waals surface area contributed by atoms with Gasteiger partial charge < -0.3 is 15.4 Å². The Morgan fingerprint density at radius 2 is 2.27 bits per heavy atom. The lowest BCUT2D eigenvalue weighted by atomic mass is 10.1. The average molecular weight is 385 g/mol. The summed E-state index contributed by atoms with van der Waals surface area (Å²) in [6, 6.07) is 4.00. The number of hydrogen-bond donors (Lipinski definition) is 2. The zero-order valence-electron chi connectivity index (χ0n) is 14.1. The van der Waals surface area contributed by atoms with Crippen LogP contribution in [0.1, 0.15) is 12.8 Å². The minimum atomic E-state index is -0.548. The normalized spacial score (nSPS) is 18.5. The molecule has 3 rings (SSSR count). The van der Waals surface area contributed by atoms with E-state index >= 15 is 0 Å². The van der Waals surface area contributed by atoms with Gasteiger partial charge in [0, 0.05) is 18.7 Å². The first-order valence-corrected chi connectivity index (χ1v) is 8.23. The number of ether oxygens (including phenoxy) is 1. The minimum absolute atomic E-state index is 0. The monoisotopic (exact) mass is 384 g/mol. The molecule has 2 amide bonds. The van der Waals surface area contributed by atoms with E-state index in [1.807, 2.05) is 0 Å². The van der Waals surface area contributed by atoms with Gasteiger partial charge in [0.2, 0.25) is 5.91 Å². The summed E-state index contributed by atoms with van der Waals surface area (Å²) in [6.07, 6.45) is 1.99. The van der Waals surface area contributed by atoms with Crippen molar-refractivity contribution < 1.29 is 19.2 Å². The highest BCUT2D eigenvalue weighted by molar-refractivity contribution is 6.02. The van der Waals surface area contributed by atoms with Gasteiger partial charge in [-0.15, -0.1) is 12.4 Å². The number of nitro benzene ring substituents is 1. The summed E-state index contributed by atoms with van der Waals surface area (Å²) in [5.74, 6) is 0.227. The molecule has 2 aliphatic rings. The molecule has 142 valence electrons. The predicted octanol–water partition coefficient (Wildman–Crippen LogP) is 0.858. The number of hydrogen-bond acceptors (Lipinski definition) is 6. The Hall–Kier alpha value is -2.39. The number of rotatable bonds is 6. The molecular formula is C16H21ClN4O5. The number of nitro groups is 1. The Bertz CT molecular complexity index is 693. The lowest BCUT2D eigenvalue weighted by Crippen LogP contribution is -2.45. The smallest absolute Gasteiger partial charge is 0.271 e. The molecule has 1 fully saturated rings. The SMILES string of the molecule is Cl.O=C(CN1C(=O)COc2ccc([N+](=O)[O-])cc21)NCCC1CCNC1. The van der Waals surface area contributed by atoms with Crippen LogP contribution in [0, 0.1) is 16.0 Å². The average Bonchev–Trinajstić information content (AvgIpc) is 3.10. The maximum absolute atomic E-state index is 12.2. The number of nitrogens with zero attached hydrogens (tertiary/aromatic N) is 2. The molecule has 0 spiro atoms. The number of halogens is 1. The van der Waals surface area contributed by atoms with Crippen LogP contribution in [-0.4, -0.2) is 49.5 Å². The van der Waals surface area contributed by atoms with Gasteiger partial charge in [-0.05, 0) is 37.9 Å². The van der Waals surface area contributed by atoms with Crippen molar-refractivity contribution in [3.8, 4) is 5.75 Å². The molecule has 1 saturated heterocycles. The summed E-state index contributed by atoms with van der Waals surface area (Å²) in [4.78, 5) is 35.9. The second-order valence-corrected chi connectivity index (χ2v) is 6.18. The summed E-state index contributed by atoms with van der Waals surface area (Å²) in [5, 5.41) is 17.0. The van der Waals surface area contributed by atoms with Gasteiger partial charge in [0.15, 0.2) is 6.61 Å². The lowest BCUT2D eigenvalue weighted by molar-refractivity contribution is -0.384. The highest BCUT2D eigenvalue weighted by Gasteiger charge is 2.29. The highest BCUT2D eigenvalue weighted by Crippen LogP contribution is 2.35. The van der Waals surface area contributed by atoms with E-state index in [9.17, 15) is 19.7 Å². The van der Waals surface area contributed by atoms with Crippen molar-refractivity contribution >= 4 is 35.6 Å². The molecule has 0 radical (unpaired) electrons. The van der Waals surface area contributed by atoms with Crippen molar-refractivity contribution in [1.82, 2.24) is 10.6 Å². The minimum Gasteiger partial charge on any atom is -0.482 e. The van der Waals surface area contributed by atoms with Crippen LogP contribution in [0.2, 0.25) is 0 Å². The number of benzene rings is 1. The van der Waals surface area contributed by atoms with Crippen LogP contribution in [0.3, 0.4) is 0 Å². The zero-order valence-corrected chi connectivity index (χ0v) is 14.9. The standard InChI is InChI=1S/C16H20N4O5.ClH/c21-15(18-6-4-11-3-5-17-8-11)9-19-13-7-12(20(23)24)1-2-14(13)25-10-16(19)22;/h1-2,7,11,17H,3-6,8-10H2,(H,18,21);1H. The zero-order chi connectivity index (χ0) is 17.8. The molecule has 0 saturated carbocycles. The number of non-ortho nitro benzene ring substituents is 1. The Balaban J connectivity index is 0.00000243. The molecule has 1 unspecified atom stereocenters. The van der Waals surface area contributed by atoms with Gasteiger partial charge in [-0.2, -0.15) is 0 Å². The van der Waals surface area contributed by atoms with E-state index in [4.69, 9.17) is 4.74 Å². The van der Waals surface area contributed by atoms with E-state index in [0.717, 1.165) is 25.9 Å². The van der Waals surface area contributed by atoms with Crippen molar-refractivity contribution in [3.05, 3.63) is 28.3 Å². The van der Waals surface area contributed by atoms with E-state index in [2.05, 4.69) is 10.6 Å². The van der Waals surface area contributed by atoms with Crippen LogP contribution in [0.15, 0.2) is 18.2 Å². The topological polar surface area (TPSA) is 114 Å². The van der Waals surface area contributed by atoms with Crippen molar-refractivity contribution in [2.24, 2.45) is 5.92 Å². The van der Waals surface area contributed by atoms with Crippen molar-refractivity contribution in [1.29, 1.82) is 0 Å². The summed E-state index contributed by atoms with van der Waals surface area (Å²) in [5.41, 5.74) is 0.0942. The molecule has 26 heavy (non-hydrogen) atoms. The first-order valence-electron chi connectivity index (χ1n) is 8.23. The van der Waals surface area contributed by atoms with E-state index in [0.29, 0.717) is 18.2 Å². The quantitative estimate of drug-likeness (QED) is 0.555. The van der Waals surface area contributed by atoms with Crippen molar-refractivity contribution in [3.63, 3.8) is 0 Å². The summed E-state index contributed by atoms with van der Waals surface area (Å²) in [6.45, 7) is 2.15. The van der Waals surface area contributed by atoms with Crippen LogP contribution >= 0.6 is 12.4 Å². The van der Waals surface area contributed by atoms with Crippen LogP contribution in [-0.2, 0) is 9.59 Å². The molecule has 1 aromatic carbocycles. The molecule has 0 aliphatic carbocycles. The fourth-order valence-corrected chi connectivity index (χ4v) is 3.05. The third-order valence-electron chi connectivity index (χ3n) is 4.44. The van der Waals surface area contributed by atoms with Gasteiger partial charge in [-0.25, -0.2) is 0 Å². The largest absolute Gasteiger partial charge is 0.482 e. The predicted molar refractivity (Wildman–Crippen MR) is 96.8 cm³/mol. The Kier molecular flexibility index (Phi) is 6.76. The Morgan fingerprint density at radius 3 is 2.96 bits per heavy atom. The van der Waals surface area contributed by atoms with Gasteiger partial charge in [0.05, 0.1) is 10.6 Å². The number of amides is 2. The number of fused-ring (bicyclic) bond motifs is 1. The third kappa shape index (κ3) is 4.61. The van der Waals surface area contributed by atoms with E-state index in [-0.39, 0.29) is 42.8 Å². The molecule has 1 atom stereocenters. The van der Waals surface area contributed by atoms with E-state index < -0.39 is 10.8 Å². The molecule has 2 heterocycles. The van der Waals surface area contributed by atoms with Crippen LogP contribution < -0.4 is 20.3 Å². The molecule has 2 N–H and O–H groups in total. The Morgan fingerprint density at radius 1 is 1.46 bits per heavy atom. The fraction of sp³-hybridized carbons (Fsp3) is 0.500. The maximum atomic E-state index is 12.2. The number of carbonyl (C=O) groups excluding carboxylic acids is 2. The first kappa shape index (κ1) is 19.9. The second-order valence-electron chi connectivity index (χ2n) is 6.18. The highest BCUT2D eigenvalue weighted by atomic mass is 35.5. The molecule has 0 bridgehead atoms. The Labute approximate surface area is 156 Å². The van der Waals surface area contributed by atoms with E-state index in [1.165, 1.54) is 23.1 Å². The first-order chi connectivity index (χ1) is 12.0. The van der Waals surface area contributed by atoms with Gasteiger partial charge in [0.1, 0.15) is 12.3 Å². The molecule has 0 aromatic heterocycles. The number of anilines is 1. The summed E-state index contributed by atoms with van der Waals surface area (Å²) < 4.78 is 5.28. The number of nitrogens with one attached hydrogen (secondary N) is 2. The van der Waals surface area contributed by atoms with Crippen LogP contribution in [0.4, 0.5) is 11.4 Å². The van der Waals surface area contributed by atoms with Gasteiger partial charge >= 0.3 is 0 Å². The lowest BCUT2D eigenvalue weighted by Gasteiger charge is -2.28. The second kappa shape index (κ2) is 8.81. The summed E-state index contributed by atoms with van der Waals surface area (Å²) >= 11 is 0. The molecule has 9 nitrogen and oxygen atoms in total. The van der Waals surface area contributed by atoms with Crippen LogP contribution in [0.5, 0.6) is 5.75 Å². The van der Waals surface area contributed by atoms with Gasteiger partial charge in [-0.3, -0.25) is 24.6 Å². The third-order valence-corrected chi connectivity index (χ3v) is 4.44. The molecule has 1 aromatic rings. The van der Waals surface area contributed by atoms with E-state index in [1.54, 1.807) is 0 Å². The van der Waals surface area contributed by atoms with Gasteiger partial charge in [0.25, 0.3) is 11.6 Å². The summed E-state index contributed by atoms with van der Waals surface area (Å²) in [7, 11) is 0. The maximum Gasteiger partial charge on any atom is 0.271 e. The number of carbonyl (C=O) groups is 2. The molecule has 2 aliphatic heterocycles. The fourth-order valence-electron chi connectivity index (χ4n) is 3.05. The van der Waals surface area contributed by atoms with Crippen molar-refractivity contribution in [2.75, 3.05) is 37.7 Å². The molecular weight excluding hydrogens is 364 g/mol. The van der Waals surface area contributed by atoms with Crippen LogP contribution in [0.25, 0.3) is 0 Å².